The molecule has 1 aromatic heterocycles. The van der Waals surface area contributed by atoms with E-state index >= 15 is 0 Å². The molecule has 0 aliphatic rings. The van der Waals surface area contributed by atoms with Gasteiger partial charge in [0.25, 0.3) is 0 Å². The Morgan fingerprint density at radius 2 is 1.66 bits per heavy atom. The SMILES string of the molecule is COC(=O)c1cc(-c2ccccc2)sc1NC(=O)Cc1ccc(OC)c(OC)c1. The molecule has 150 valence electrons. The van der Waals surface area contributed by atoms with Gasteiger partial charge in [0, 0.05) is 4.88 Å². The first kappa shape index (κ1) is 20.4. The molecule has 0 spiro atoms. The highest BCUT2D eigenvalue weighted by atomic mass is 32.1. The molecule has 0 saturated heterocycles. The Kier molecular flexibility index (Phi) is 6.51. The van der Waals surface area contributed by atoms with Crippen LogP contribution in [-0.2, 0) is 16.0 Å². The van der Waals surface area contributed by atoms with Gasteiger partial charge in [0.1, 0.15) is 5.00 Å². The molecule has 7 heteroatoms. The fraction of sp³-hybridized carbons (Fsp3) is 0.182. The third-order valence-corrected chi connectivity index (χ3v) is 5.36. The number of ether oxygens (including phenoxy) is 3. The summed E-state index contributed by atoms with van der Waals surface area (Å²) < 4.78 is 15.4. The van der Waals surface area contributed by atoms with Crippen molar-refractivity contribution in [2.45, 2.75) is 6.42 Å². The molecule has 0 fully saturated rings. The summed E-state index contributed by atoms with van der Waals surface area (Å²) in [5.41, 5.74) is 2.06. The van der Waals surface area contributed by atoms with Gasteiger partial charge in [-0.15, -0.1) is 11.3 Å². The summed E-state index contributed by atoms with van der Waals surface area (Å²) in [7, 11) is 4.41. The van der Waals surface area contributed by atoms with Crippen molar-refractivity contribution in [3.63, 3.8) is 0 Å². The van der Waals surface area contributed by atoms with Gasteiger partial charge in [-0.25, -0.2) is 4.79 Å². The van der Waals surface area contributed by atoms with Gasteiger partial charge in [-0.1, -0.05) is 36.4 Å². The van der Waals surface area contributed by atoms with Crippen molar-refractivity contribution >= 4 is 28.2 Å². The van der Waals surface area contributed by atoms with Crippen molar-refractivity contribution in [3.05, 3.63) is 65.7 Å². The maximum Gasteiger partial charge on any atom is 0.340 e. The van der Waals surface area contributed by atoms with Gasteiger partial charge >= 0.3 is 5.97 Å². The zero-order valence-corrected chi connectivity index (χ0v) is 17.2. The van der Waals surface area contributed by atoms with E-state index in [0.29, 0.717) is 22.1 Å². The molecule has 6 nitrogen and oxygen atoms in total. The second-order valence-corrected chi connectivity index (χ2v) is 7.18. The average molecular weight is 411 g/mol. The summed E-state index contributed by atoms with van der Waals surface area (Å²) in [5, 5.41) is 3.30. The molecule has 0 aliphatic heterocycles. The Morgan fingerprint density at radius 3 is 2.31 bits per heavy atom. The molecule has 0 radical (unpaired) electrons. The number of amides is 1. The van der Waals surface area contributed by atoms with Crippen LogP contribution < -0.4 is 14.8 Å². The summed E-state index contributed by atoms with van der Waals surface area (Å²) in [5.74, 6) is 0.402. The number of esters is 1. The number of carbonyl (C=O) groups excluding carboxylic acids is 2. The molecule has 0 unspecified atom stereocenters. The molecular weight excluding hydrogens is 390 g/mol. The molecule has 0 saturated carbocycles. The minimum atomic E-state index is -0.496. The summed E-state index contributed by atoms with van der Waals surface area (Å²) in [6.07, 6.45) is 0.125. The number of anilines is 1. The molecule has 2 aromatic carbocycles. The number of thiophene rings is 1. The second kappa shape index (κ2) is 9.25. The number of rotatable bonds is 7. The van der Waals surface area contributed by atoms with Crippen molar-refractivity contribution < 1.29 is 23.8 Å². The molecule has 0 aliphatic carbocycles. The van der Waals surface area contributed by atoms with E-state index in [4.69, 9.17) is 14.2 Å². The van der Waals surface area contributed by atoms with Crippen LogP contribution in [0.2, 0.25) is 0 Å². The molecule has 1 N–H and O–H groups in total. The highest BCUT2D eigenvalue weighted by Crippen LogP contribution is 2.36. The third kappa shape index (κ3) is 4.75. The molecule has 3 rings (SSSR count). The van der Waals surface area contributed by atoms with Crippen molar-refractivity contribution in [1.29, 1.82) is 0 Å². The number of hydrogen-bond donors (Lipinski definition) is 1. The minimum absolute atomic E-state index is 0.125. The molecular formula is C22H21NO5S. The van der Waals surface area contributed by atoms with Crippen LogP contribution in [0.25, 0.3) is 10.4 Å². The van der Waals surface area contributed by atoms with E-state index in [-0.39, 0.29) is 12.3 Å². The van der Waals surface area contributed by atoms with E-state index in [1.807, 2.05) is 30.3 Å². The lowest BCUT2D eigenvalue weighted by Crippen LogP contribution is -2.15. The van der Waals surface area contributed by atoms with Gasteiger partial charge in [-0.2, -0.15) is 0 Å². The average Bonchev–Trinajstić information content (AvgIpc) is 3.17. The third-order valence-electron chi connectivity index (χ3n) is 4.26. The van der Waals surface area contributed by atoms with Gasteiger partial charge in [-0.05, 0) is 29.3 Å². The molecule has 1 amide bonds. The van der Waals surface area contributed by atoms with Crippen LogP contribution in [0.4, 0.5) is 5.00 Å². The lowest BCUT2D eigenvalue weighted by molar-refractivity contribution is -0.115. The van der Waals surface area contributed by atoms with E-state index in [1.165, 1.54) is 18.4 Å². The van der Waals surface area contributed by atoms with Crippen molar-refractivity contribution in [2.75, 3.05) is 26.6 Å². The molecule has 29 heavy (non-hydrogen) atoms. The number of nitrogens with one attached hydrogen (secondary N) is 1. The van der Waals surface area contributed by atoms with Gasteiger partial charge in [-0.3, -0.25) is 4.79 Å². The second-order valence-electron chi connectivity index (χ2n) is 6.13. The van der Waals surface area contributed by atoms with Crippen LogP contribution in [0, 0.1) is 0 Å². The predicted molar refractivity (Wildman–Crippen MR) is 113 cm³/mol. The van der Waals surface area contributed by atoms with Gasteiger partial charge in [0.2, 0.25) is 5.91 Å². The van der Waals surface area contributed by atoms with Crippen molar-refractivity contribution in [3.8, 4) is 21.9 Å². The number of carbonyl (C=O) groups is 2. The number of hydrogen-bond acceptors (Lipinski definition) is 6. The van der Waals surface area contributed by atoms with Gasteiger partial charge < -0.3 is 19.5 Å². The van der Waals surface area contributed by atoms with Crippen molar-refractivity contribution in [2.24, 2.45) is 0 Å². The predicted octanol–water partition coefficient (Wildman–Crippen LogP) is 4.40. The zero-order valence-electron chi connectivity index (χ0n) is 16.4. The summed E-state index contributed by atoms with van der Waals surface area (Å²) in [6, 6.07) is 16.7. The minimum Gasteiger partial charge on any atom is -0.493 e. The Balaban J connectivity index is 1.82. The Bertz CT molecular complexity index is 1010. The summed E-state index contributed by atoms with van der Waals surface area (Å²) >= 11 is 1.33. The van der Waals surface area contributed by atoms with Gasteiger partial charge in [0.15, 0.2) is 11.5 Å². The highest BCUT2D eigenvalue weighted by Gasteiger charge is 2.19. The maximum atomic E-state index is 12.6. The first-order chi connectivity index (χ1) is 14.0. The van der Waals surface area contributed by atoms with Crippen molar-refractivity contribution in [1.82, 2.24) is 0 Å². The first-order valence-electron chi connectivity index (χ1n) is 8.84. The van der Waals surface area contributed by atoms with E-state index in [0.717, 1.165) is 16.0 Å². The number of benzene rings is 2. The fourth-order valence-electron chi connectivity index (χ4n) is 2.84. The Labute approximate surface area is 173 Å². The smallest absolute Gasteiger partial charge is 0.340 e. The maximum absolute atomic E-state index is 12.6. The van der Waals surface area contributed by atoms with Crippen LogP contribution in [0.5, 0.6) is 11.5 Å². The molecule has 1 heterocycles. The van der Waals surface area contributed by atoms with Crippen LogP contribution in [-0.4, -0.2) is 33.2 Å². The Hall–Kier alpha value is -3.32. The molecule has 0 atom stereocenters. The number of methoxy groups -OCH3 is 3. The largest absolute Gasteiger partial charge is 0.493 e. The first-order valence-corrected chi connectivity index (χ1v) is 9.65. The van der Waals surface area contributed by atoms with Crippen LogP contribution in [0.1, 0.15) is 15.9 Å². The van der Waals surface area contributed by atoms with E-state index in [2.05, 4.69) is 5.32 Å². The van der Waals surface area contributed by atoms with Crippen LogP contribution in [0.3, 0.4) is 0 Å². The zero-order chi connectivity index (χ0) is 20.8. The van der Waals surface area contributed by atoms with E-state index in [9.17, 15) is 9.59 Å². The Morgan fingerprint density at radius 1 is 0.931 bits per heavy atom. The topological polar surface area (TPSA) is 73.9 Å². The molecule has 3 aromatic rings. The monoisotopic (exact) mass is 411 g/mol. The molecule has 0 bridgehead atoms. The lowest BCUT2D eigenvalue weighted by atomic mass is 10.1. The lowest BCUT2D eigenvalue weighted by Gasteiger charge is -2.10. The summed E-state index contributed by atoms with van der Waals surface area (Å²) in [6.45, 7) is 0. The fourth-order valence-corrected chi connectivity index (χ4v) is 3.90. The van der Waals surface area contributed by atoms with E-state index < -0.39 is 5.97 Å². The van der Waals surface area contributed by atoms with Crippen LogP contribution in [0.15, 0.2) is 54.6 Å². The summed E-state index contributed by atoms with van der Waals surface area (Å²) in [4.78, 5) is 25.7. The quantitative estimate of drug-likeness (QED) is 0.584. The highest BCUT2D eigenvalue weighted by molar-refractivity contribution is 7.20. The van der Waals surface area contributed by atoms with Gasteiger partial charge in [0.05, 0.1) is 33.3 Å². The standard InChI is InChI=1S/C22H21NO5S/c1-26-17-10-9-14(11-18(17)27-2)12-20(24)23-21-16(22(25)28-3)13-19(29-21)15-7-5-4-6-8-15/h4-11,13H,12H2,1-3H3,(H,23,24). The normalized spacial score (nSPS) is 10.3. The van der Waals surface area contributed by atoms with E-state index in [1.54, 1.807) is 38.5 Å². The van der Waals surface area contributed by atoms with Crippen LogP contribution >= 0.6 is 11.3 Å².